The fourth-order valence-electron chi connectivity index (χ4n) is 1.86. The lowest BCUT2D eigenvalue weighted by atomic mass is 9.79. The fourth-order valence-corrected chi connectivity index (χ4v) is 1.86. The Morgan fingerprint density at radius 1 is 1.20 bits per heavy atom. The highest BCUT2D eigenvalue weighted by Gasteiger charge is 2.37. The van der Waals surface area contributed by atoms with E-state index in [0.29, 0.717) is 17.9 Å². The van der Waals surface area contributed by atoms with Crippen LogP contribution in [0.4, 0.5) is 0 Å². The molecule has 20 heavy (non-hydrogen) atoms. The Bertz CT molecular complexity index is 466. The van der Waals surface area contributed by atoms with Gasteiger partial charge >= 0.3 is 11.9 Å². The van der Waals surface area contributed by atoms with E-state index in [1.807, 2.05) is 0 Å². The predicted octanol–water partition coefficient (Wildman–Crippen LogP) is 2.68. The maximum Gasteiger partial charge on any atom is 0.314 e. The molecule has 110 valence electrons. The average Bonchev–Trinajstić information content (AvgIpc) is 2.38. The van der Waals surface area contributed by atoms with Gasteiger partial charge in [-0.15, -0.1) is 0 Å². The second kappa shape index (κ2) is 6.93. The van der Waals surface area contributed by atoms with Crippen molar-refractivity contribution in [2.75, 3.05) is 6.61 Å². The summed E-state index contributed by atoms with van der Waals surface area (Å²) in [6.07, 6.45) is 1.53. The minimum absolute atomic E-state index is 0.454. The van der Waals surface area contributed by atoms with Gasteiger partial charge in [0.05, 0.1) is 13.0 Å². The van der Waals surface area contributed by atoms with Crippen LogP contribution in [0.15, 0.2) is 24.3 Å². The van der Waals surface area contributed by atoms with Gasteiger partial charge in [-0.25, -0.2) is 0 Å². The number of aliphatic carboxylic acids is 2. The lowest BCUT2D eigenvalue weighted by molar-refractivity contribution is -0.149. The molecule has 0 aromatic heterocycles. The molecule has 5 heteroatoms. The summed E-state index contributed by atoms with van der Waals surface area (Å²) in [7, 11) is 0. The van der Waals surface area contributed by atoms with Crippen LogP contribution in [0.3, 0.4) is 0 Å². The Kier molecular flexibility index (Phi) is 5.55. The molecule has 0 amide bonds. The zero-order valence-electron chi connectivity index (χ0n) is 11.8. The Balaban J connectivity index is 2.88. The molecule has 0 bridgehead atoms. The van der Waals surface area contributed by atoms with Crippen molar-refractivity contribution in [1.82, 2.24) is 0 Å². The van der Waals surface area contributed by atoms with Crippen LogP contribution >= 0.6 is 0 Å². The highest BCUT2D eigenvalue weighted by atomic mass is 16.5. The number of carbonyl (C=O) groups is 2. The van der Waals surface area contributed by atoms with Gasteiger partial charge in [0.2, 0.25) is 0 Å². The molecule has 0 heterocycles. The van der Waals surface area contributed by atoms with E-state index in [0.717, 1.165) is 12.8 Å². The highest BCUT2D eigenvalue weighted by molar-refractivity contribution is 5.86. The molecule has 0 saturated heterocycles. The van der Waals surface area contributed by atoms with Gasteiger partial charge in [-0.3, -0.25) is 9.59 Å². The molecule has 5 nitrogen and oxygen atoms in total. The molecule has 0 spiro atoms. The van der Waals surface area contributed by atoms with Crippen molar-refractivity contribution in [1.29, 1.82) is 0 Å². The van der Waals surface area contributed by atoms with E-state index in [9.17, 15) is 14.7 Å². The molecule has 0 saturated carbocycles. The van der Waals surface area contributed by atoms with Crippen LogP contribution in [0.5, 0.6) is 5.75 Å². The number of carboxylic acids is 2. The van der Waals surface area contributed by atoms with Crippen LogP contribution in [0, 0.1) is 0 Å². The maximum atomic E-state index is 11.4. The van der Waals surface area contributed by atoms with Crippen molar-refractivity contribution < 1.29 is 24.5 Å². The van der Waals surface area contributed by atoms with Crippen LogP contribution in [-0.4, -0.2) is 28.8 Å². The van der Waals surface area contributed by atoms with Gasteiger partial charge in [-0.2, -0.15) is 0 Å². The first-order valence-corrected chi connectivity index (χ1v) is 6.58. The quantitative estimate of drug-likeness (QED) is 0.715. The third kappa shape index (κ3) is 3.98. The summed E-state index contributed by atoms with van der Waals surface area (Å²) in [5, 5.41) is 18.2. The Hall–Kier alpha value is -2.04. The van der Waals surface area contributed by atoms with Gasteiger partial charge in [-0.1, -0.05) is 25.5 Å². The molecule has 2 N–H and O–H groups in total. The summed E-state index contributed by atoms with van der Waals surface area (Å²) in [4.78, 5) is 22.2. The van der Waals surface area contributed by atoms with Gasteiger partial charge in [0.1, 0.15) is 11.2 Å². The molecule has 1 aromatic carbocycles. The van der Waals surface area contributed by atoms with E-state index in [2.05, 4.69) is 6.92 Å². The molecule has 0 aliphatic rings. The summed E-state index contributed by atoms with van der Waals surface area (Å²) in [6.45, 7) is 4.09. The Labute approximate surface area is 118 Å². The zero-order valence-corrected chi connectivity index (χ0v) is 11.8. The van der Waals surface area contributed by atoms with E-state index in [1.54, 1.807) is 24.3 Å². The van der Waals surface area contributed by atoms with Gasteiger partial charge < -0.3 is 14.9 Å². The second-order valence-electron chi connectivity index (χ2n) is 4.93. The lowest BCUT2D eigenvalue weighted by Gasteiger charge is -2.23. The molecule has 0 aliphatic heterocycles. The normalized spacial score (nSPS) is 13.5. The molecule has 0 unspecified atom stereocenters. The van der Waals surface area contributed by atoms with Crippen molar-refractivity contribution in [3.8, 4) is 5.75 Å². The molecule has 1 rings (SSSR count). The van der Waals surface area contributed by atoms with Crippen molar-refractivity contribution in [3.63, 3.8) is 0 Å². The fraction of sp³-hybridized carbons (Fsp3) is 0.467. The van der Waals surface area contributed by atoms with Gasteiger partial charge in [0, 0.05) is 0 Å². The largest absolute Gasteiger partial charge is 0.494 e. The molecular formula is C15H20O5. The molecule has 1 atom stereocenters. The van der Waals surface area contributed by atoms with Crippen LogP contribution < -0.4 is 4.74 Å². The summed E-state index contributed by atoms with van der Waals surface area (Å²) in [5.74, 6) is -1.64. The number of rotatable bonds is 8. The number of unbranched alkanes of at least 4 members (excludes halogenated alkanes) is 1. The summed E-state index contributed by atoms with van der Waals surface area (Å²) in [6, 6.07) is 6.57. The van der Waals surface area contributed by atoms with E-state index in [1.165, 1.54) is 6.92 Å². The second-order valence-corrected chi connectivity index (χ2v) is 4.93. The van der Waals surface area contributed by atoms with E-state index < -0.39 is 23.8 Å². The van der Waals surface area contributed by atoms with Crippen LogP contribution in [0.1, 0.15) is 38.7 Å². The van der Waals surface area contributed by atoms with Crippen LogP contribution in [-0.2, 0) is 15.0 Å². The smallest absolute Gasteiger partial charge is 0.314 e. The van der Waals surface area contributed by atoms with E-state index in [-0.39, 0.29) is 0 Å². The Morgan fingerprint density at radius 3 is 2.25 bits per heavy atom. The maximum absolute atomic E-state index is 11.4. The highest BCUT2D eigenvalue weighted by Crippen LogP contribution is 2.29. The number of ether oxygens (including phenoxy) is 1. The van der Waals surface area contributed by atoms with Gasteiger partial charge in [-0.05, 0) is 31.0 Å². The SMILES string of the molecule is CCCCOc1ccc([C@@](C)(CC(=O)O)C(=O)O)cc1. The molecule has 0 radical (unpaired) electrons. The number of carboxylic acid groups (broad SMARTS) is 2. The summed E-state index contributed by atoms with van der Waals surface area (Å²) >= 11 is 0. The summed E-state index contributed by atoms with van der Waals surface area (Å²) < 4.78 is 5.49. The third-order valence-corrected chi connectivity index (χ3v) is 3.23. The van der Waals surface area contributed by atoms with Gasteiger partial charge in [0.15, 0.2) is 0 Å². The first-order chi connectivity index (χ1) is 9.40. The van der Waals surface area contributed by atoms with Crippen molar-refractivity contribution in [2.24, 2.45) is 0 Å². The molecular weight excluding hydrogens is 260 g/mol. The number of hydrogen-bond acceptors (Lipinski definition) is 3. The first kappa shape index (κ1) is 16.0. The predicted molar refractivity (Wildman–Crippen MR) is 74.1 cm³/mol. The van der Waals surface area contributed by atoms with Crippen molar-refractivity contribution >= 4 is 11.9 Å². The van der Waals surface area contributed by atoms with Crippen molar-refractivity contribution in [2.45, 2.75) is 38.5 Å². The molecule has 0 aliphatic carbocycles. The van der Waals surface area contributed by atoms with Crippen molar-refractivity contribution in [3.05, 3.63) is 29.8 Å². The number of hydrogen-bond donors (Lipinski definition) is 2. The minimum atomic E-state index is -1.44. The minimum Gasteiger partial charge on any atom is -0.494 e. The average molecular weight is 280 g/mol. The van der Waals surface area contributed by atoms with E-state index >= 15 is 0 Å². The van der Waals surface area contributed by atoms with E-state index in [4.69, 9.17) is 9.84 Å². The number of benzene rings is 1. The molecule has 1 aromatic rings. The topological polar surface area (TPSA) is 83.8 Å². The van der Waals surface area contributed by atoms with Crippen LogP contribution in [0.25, 0.3) is 0 Å². The van der Waals surface area contributed by atoms with Crippen LogP contribution in [0.2, 0.25) is 0 Å². The first-order valence-electron chi connectivity index (χ1n) is 6.58. The monoisotopic (exact) mass is 280 g/mol. The lowest BCUT2D eigenvalue weighted by Crippen LogP contribution is -2.34. The van der Waals surface area contributed by atoms with Gasteiger partial charge in [0.25, 0.3) is 0 Å². The Morgan fingerprint density at radius 2 is 1.80 bits per heavy atom. The third-order valence-electron chi connectivity index (χ3n) is 3.23. The standard InChI is InChI=1S/C15H20O5/c1-3-4-9-20-12-7-5-11(6-8-12)15(2,14(18)19)10-13(16)17/h5-8H,3-4,9-10H2,1-2H3,(H,16,17)(H,18,19)/t15-/m1/s1. The summed E-state index contributed by atoms with van der Waals surface area (Å²) in [5.41, 5.74) is -0.983. The zero-order chi connectivity index (χ0) is 15.2. The molecule has 0 fully saturated rings.